The first-order valence-corrected chi connectivity index (χ1v) is 6.24. The summed E-state index contributed by atoms with van der Waals surface area (Å²) in [7, 11) is 2.85. The monoisotopic (exact) mass is 316 g/mol. The summed E-state index contributed by atoms with van der Waals surface area (Å²) < 4.78 is 10.6. The summed E-state index contributed by atoms with van der Waals surface area (Å²) >= 11 is 4.69. The van der Waals surface area contributed by atoms with Gasteiger partial charge in [0.15, 0.2) is 10.6 Å². The summed E-state index contributed by atoms with van der Waals surface area (Å²) in [6, 6.07) is 1.82. The second-order valence-corrected chi connectivity index (χ2v) is 4.88. The molecule has 2 aromatic heterocycles. The lowest BCUT2D eigenvalue weighted by molar-refractivity contribution is 0.0603. The maximum absolute atomic E-state index is 11.6. The van der Waals surface area contributed by atoms with Gasteiger partial charge in [-0.15, -0.1) is 11.3 Å². The molecule has 0 aromatic carbocycles. The molecule has 0 bridgehead atoms. The number of halogens is 1. The number of nitrogens with one attached hydrogen (secondary N) is 1. The molecule has 7 heteroatoms. The van der Waals surface area contributed by atoms with E-state index in [9.17, 15) is 4.79 Å². The third-order valence-electron chi connectivity index (χ3n) is 2.13. The Morgan fingerprint density at radius 1 is 1.53 bits per heavy atom. The Bertz CT molecular complexity index is 536. The van der Waals surface area contributed by atoms with Crippen LogP contribution in [0.4, 0.5) is 0 Å². The lowest BCUT2D eigenvalue weighted by Gasteiger charge is -2.00. The average molecular weight is 317 g/mol. The predicted octanol–water partition coefficient (Wildman–Crippen LogP) is 2.70. The van der Waals surface area contributed by atoms with Crippen molar-refractivity contribution in [2.45, 2.75) is 0 Å². The number of rotatable bonds is 3. The van der Waals surface area contributed by atoms with Crippen LogP contribution >= 0.6 is 27.3 Å². The van der Waals surface area contributed by atoms with E-state index in [4.69, 9.17) is 9.47 Å². The first-order valence-electron chi connectivity index (χ1n) is 4.63. The molecule has 2 aromatic rings. The molecule has 5 nitrogen and oxygen atoms in total. The molecular weight excluding hydrogens is 308 g/mol. The van der Waals surface area contributed by atoms with E-state index in [0.29, 0.717) is 10.6 Å². The molecule has 17 heavy (non-hydrogen) atoms. The van der Waals surface area contributed by atoms with Crippen LogP contribution in [-0.4, -0.2) is 30.4 Å². The van der Waals surface area contributed by atoms with Crippen molar-refractivity contribution in [2.75, 3.05) is 14.2 Å². The van der Waals surface area contributed by atoms with E-state index in [0.717, 1.165) is 15.0 Å². The van der Waals surface area contributed by atoms with Crippen LogP contribution < -0.4 is 4.74 Å². The van der Waals surface area contributed by atoms with Crippen molar-refractivity contribution in [3.63, 3.8) is 0 Å². The minimum atomic E-state index is -0.418. The maximum atomic E-state index is 11.6. The van der Waals surface area contributed by atoms with Crippen LogP contribution in [0.15, 0.2) is 16.7 Å². The Labute approximate surface area is 110 Å². The normalized spacial score (nSPS) is 10.3. The molecule has 1 N–H and O–H groups in total. The number of methoxy groups -OCH3 is 2. The molecule has 0 saturated carbocycles. The SMILES string of the molecule is COC(=O)c1sc(-c2ccn[nH]2)c(Br)c1OC. The van der Waals surface area contributed by atoms with E-state index >= 15 is 0 Å². The Kier molecular flexibility index (Phi) is 3.49. The second-order valence-electron chi connectivity index (χ2n) is 3.07. The number of nitrogens with zero attached hydrogens (tertiary/aromatic N) is 1. The van der Waals surface area contributed by atoms with E-state index in [1.807, 2.05) is 6.07 Å². The highest BCUT2D eigenvalue weighted by Gasteiger charge is 2.24. The molecule has 2 heterocycles. The largest absolute Gasteiger partial charge is 0.494 e. The maximum Gasteiger partial charge on any atom is 0.351 e. The van der Waals surface area contributed by atoms with Crippen LogP contribution in [0.2, 0.25) is 0 Å². The van der Waals surface area contributed by atoms with Crippen LogP contribution in [0.3, 0.4) is 0 Å². The van der Waals surface area contributed by atoms with Gasteiger partial charge in [0.1, 0.15) is 0 Å². The molecular formula is C10H9BrN2O3S. The van der Waals surface area contributed by atoms with Gasteiger partial charge in [-0.25, -0.2) is 4.79 Å². The molecule has 90 valence electrons. The number of hydrogen-bond acceptors (Lipinski definition) is 5. The average Bonchev–Trinajstić information content (AvgIpc) is 2.95. The summed E-state index contributed by atoms with van der Waals surface area (Å²) in [5.41, 5.74) is 0.815. The number of ether oxygens (including phenoxy) is 2. The van der Waals surface area contributed by atoms with Gasteiger partial charge in [-0.1, -0.05) is 0 Å². The van der Waals surface area contributed by atoms with Gasteiger partial charge in [0.2, 0.25) is 0 Å². The second kappa shape index (κ2) is 4.89. The zero-order chi connectivity index (χ0) is 12.4. The number of carbonyl (C=O) groups is 1. The zero-order valence-corrected chi connectivity index (χ0v) is 11.5. The predicted molar refractivity (Wildman–Crippen MR) is 67.5 cm³/mol. The minimum Gasteiger partial charge on any atom is -0.494 e. The lowest BCUT2D eigenvalue weighted by atomic mass is 10.3. The highest BCUT2D eigenvalue weighted by Crippen LogP contribution is 2.44. The number of esters is 1. The van der Waals surface area contributed by atoms with Crippen LogP contribution in [-0.2, 0) is 4.74 Å². The Balaban J connectivity index is 2.56. The van der Waals surface area contributed by atoms with Gasteiger partial charge in [-0.2, -0.15) is 5.10 Å². The molecule has 0 aliphatic carbocycles. The molecule has 0 spiro atoms. The summed E-state index contributed by atoms with van der Waals surface area (Å²) in [6.07, 6.45) is 1.64. The zero-order valence-electron chi connectivity index (χ0n) is 9.11. The van der Waals surface area contributed by atoms with Crippen LogP contribution in [0, 0.1) is 0 Å². The van der Waals surface area contributed by atoms with Gasteiger partial charge in [0.25, 0.3) is 0 Å². The third kappa shape index (κ3) is 2.07. The quantitative estimate of drug-likeness (QED) is 0.884. The van der Waals surface area contributed by atoms with E-state index in [1.54, 1.807) is 6.20 Å². The smallest absolute Gasteiger partial charge is 0.351 e. The van der Waals surface area contributed by atoms with Crippen molar-refractivity contribution in [3.8, 4) is 16.3 Å². The molecule has 2 rings (SSSR count). The molecule has 0 unspecified atom stereocenters. The number of H-pyrrole nitrogens is 1. The van der Waals surface area contributed by atoms with E-state index in [-0.39, 0.29) is 0 Å². The standard InChI is InChI=1S/C10H9BrN2O3S/c1-15-7-6(11)8(5-3-4-12-13-5)17-9(7)10(14)16-2/h3-4H,1-2H3,(H,12,13). The number of aromatic amines is 1. The van der Waals surface area contributed by atoms with E-state index < -0.39 is 5.97 Å². The number of thiophene rings is 1. The van der Waals surface area contributed by atoms with Crippen molar-refractivity contribution in [2.24, 2.45) is 0 Å². The van der Waals surface area contributed by atoms with E-state index in [2.05, 4.69) is 26.1 Å². The highest BCUT2D eigenvalue weighted by molar-refractivity contribution is 9.10. The molecule has 0 atom stereocenters. The minimum absolute atomic E-state index is 0.418. The summed E-state index contributed by atoms with van der Waals surface area (Å²) in [4.78, 5) is 12.9. The first-order chi connectivity index (χ1) is 8.19. The fraction of sp³-hybridized carbons (Fsp3) is 0.200. The van der Waals surface area contributed by atoms with Crippen molar-refractivity contribution < 1.29 is 14.3 Å². The fourth-order valence-corrected chi connectivity index (χ4v) is 3.36. The van der Waals surface area contributed by atoms with Gasteiger partial charge < -0.3 is 9.47 Å². The summed E-state index contributed by atoms with van der Waals surface area (Å²) in [6.45, 7) is 0. The third-order valence-corrected chi connectivity index (χ3v) is 4.33. The first kappa shape index (κ1) is 12.1. The van der Waals surface area contributed by atoms with Gasteiger partial charge in [0, 0.05) is 6.20 Å². The summed E-state index contributed by atoms with van der Waals surface area (Å²) in [5.74, 6) is 0.0600. The number of hydrogen-bond donors (Lipinski definition) is 1. The van der Waals surface area contributed by atoms with Crippen molar-refractivity contribution in [1.29, 1.82) is 0 Å². The molecule has 0 aliphatic rings. The summed E-state index contributed by atoms with van der Waals surface area (Å²) in [5, 5.41) is 6.71. The van der Waals surface area contributed by atoms with Crippen molar-refractivity contribution in [3.05, 3.63) is 21.6 Å². The molecule has 0 amide bonds. The van der Waals surface area contributed by atoms with E-state index in [1.165, 1.54) is 25.6 Å². The van der Waals surface area contributed by atoms with Gasteiger partial charge in [-0.3, -0.25) is 5.10 Å². The van der Waals surface area contributed by atoms with Crippen molar-refractivity contribution >= 4 is 33.2 Å². The van der Waals surface area contributed by atoms with Crippen LogP contribution in [0.1, 0.15) is 9.67 Å². The Morgan fingerprint density at radius 2 is 2.29 bits per heavy atom. The Morgan fingerprint density at radius 3 is 2.82 bits per heavy atom. The number of aromatic nitrogens is 2. The number of carbonyl (C=O) groups excluding carboxylic acids is 1. The van der Waals surface area contributed by atoms with Gasteiger partial charge in [-0.05, 0) is 22.0 Å². The topological polar surface area (TPSA) is 64.2 Å². The van der Waals surface area contributed by atoms with Crippen LogP contribution in [0.5, 0.6) is 5.75 Å². The van der Waals surface area contributed by atoms with Crippen LogP contribution in [0.25, 0.3) is 10.6 Å². The molecule has 0 radical (unpaired) electrons. The van der Waals surface area contributed by atoms with Gasteiger partial charge >= 0.3 is 5.97 Å². The molecule has 0 fully saturated rings. The van der Waals surface area contributed by atoms with Gasteiger partial charge in [0.05, 0.1) is 29.3 Å². The Hall–Kier alpha value is -1.34. The fourth-order valence-electron chi connectivity index (χ4n) is 1.36. The lowest BCUT2D eigenvalue weighted by Crippen LogP contribution is -2.00. The molecule has 0 saturated heterocycles. The molecule has 0 aliphatic heterocycles. The highest BCUT2D eigenvalue weighted by atomic mass is 79.9. The van der Waals surface area contributed by atoms with Crippen molar-refractivity contribution in [1.82, 2.24) is 10.2 Å².